The topological polar surface area (TPSA) is 79.3 Å². The van der Waals surface area contributed by atoms with Gasteiger partial charge < -0.3 is 10.4 Å². The molecule has 0 aromatic carbocycles. The molecule has 5 nitrogen and oxygen atoms in total. The summed E-state index contributed by atoms with van der Waals surface area (Å²) in [6, 6.07) is 3.69. The molecule has 1 amide bonds. The standard InChI is InChI=1S/C14H18N2O3/c1-9-6-7-15-12(8-9)16-13(17)10-2-4-11(5-3-10)14(18)19/h6-8,10-11H,2-5H2,1H3,(H,18,19)(H,15,16,17). The molecule has 0 atom stereocenters. The molecule has 1 aliphatic carbocycles. The lowest BCUT2D eigenvalue weighted by Crippen LogP contribution is -2.29. The highest BCUT2D eigenvalue weighted by Crippen LogP contribution is 2.29. The fraction of sp³-hybridized carbons (Fsp3) is 0.500. The zero-order chi connectivity index (χ0) is 13.8. The molecule has 0 unspecified atom stereocenters. The largest absolute Gasteiger partial charge is 0.481 e. The maximum atomic E-state index is 12.1. The lowest BCUT2D eigenvalue weighted by molar-refractivity contribution is -0.143. The van der Waals surface area contributed by atoms with Crippen LogP contribution in [0.1, 0.15) is 31.2 Å². The van der Waals surface area contributed by atoms with Crippen molar-refractivity contribution < 1.29 is 14.7 Å². The number of aryl methyl sites for hydroxylation is 1. The molecule has 1 aromatic rings. The molecule has 0 aliphatic heterocycles. The normalized spacial score (nSPS) is 22.8. The number of carboxylic acids is 1. The van der Waals surface area contributed by atoms with E-state index < -0.39 is 5.97 Å². The predicted octanol–water partition coefficient (Wildman–Crippen LogP) is 2.22. The van der Waals surface area contributed by atoms with Crippen molar-refractivity contribution in [3.05, 3.63) is 23.9 Å². The van der Waals surface area contributed by atoms with Crippen LogP contribution in [0.3, 0.4) is 0 Å². The number of pyridine rings is 1. The molecule has 1 fully saturated rings. The first kappa shape index (κ1) is 13.5. The number of nitrogens with one attached hydrogen (secondary N) is 1. The molecule has 2 rings (SSSR count). The smallest absolute Gasteiger partial charge is 0.306 e. The Hall–Kier alpha value is -1.91. The molecule has 0 bridgehead atoms. The second kappa shape index (κ2) is 5.82. The molecule has 0 spiro atoms. The van der Waals surface area contributed by atoms with E-state index in [0.29, 0.717) is 31.5 Å². The van der Waals surface area contributed by atoms with Crippen molar-refractivity contribution in [3.8, 4) is 0 Å². The van der Waals surface area contributed by atoms with Gasteiger partial charge in [0.05, 0.1) is 5.92 Å². The molecule has 1 aromatic heterocycles. The maximum absolute atomic E-state index is 12.1. The quantitative estimate of drug-likeness (QED) is 0.875. The summed E-state index contributed by atoms with van der Waals surface area (Å²) in [5.74, 6) is -0.634. The minimum Gasteiger partial charge on any atom is -0.481 e. The van der Waals surface area contributed by atoms with Gasteiger partial charge in [-0.2, -0.15) is 0 Å². The van der Waals surface area contributed by atoms with Crippen LogP contribution >= 0.6 is 0 Å². The number of amides is 1. The lowest BCUT2D eigenvalue weighted by atomic mass is 9.81. The zero-order valence-electron chi connectivity index (χ0n) is 10.9. The highest BCUT2D eigenvalue weighted by Gasteiger charge is 2.29. The van der Waals surface area contributed by atoms with Crippen LogP contribution < -0.4 is 5.32 Å². The van der Waals surface area contributed by atoms with Crippen LogP contribution in [0.25, 0.3) is 0 Å². The van der Waals surface area contributed by atoms with Gasteiger partial charge in [-0.25, -0.2) is 4.98 Å². The molecule has 19 heavy (non-hydrogen) atoms. The zero-order valence-corrected chi connectivity index (χ0v) is 10.9. The molecular weight excluding hydrogens is 244 g/mol. The van der Waals surface area contributed by atoms with Crippen LogP contribution in [0.4, 0.5) is 5.82 Å². The Bertz CT molecular complexity index is 479. The molecule has 2 N–H and O–H groups in total. The number of carboxylic acid groups (broad SMARTS) is 1. The van der Waals surface area contributed by atoms with E-state index >= 15 is 0 Å². The highest BCUT2D eigenvalue weighted by molar-refractivity contribution is 5.91. The van der Waals surface area contributed by atoms with E-state index in [1.165, 1.54) is 0 Å². The van der Waals surface area contributed by atoms with Crippen LogP contribution in [0, 0.1) is 18.8 Å². The number of anilines is 1. The Kier molecular flexibility index (Phi) is 4.14. The third-order valence-corrected chi connectivity index (χ3v) is 3.61. The van der Waals surface area contributed by atoms with Gasteiger partial charge in [0.1, 0.15) is 5.82 Å². The van der Waals surface area contributed by atoms with E-state index in [9.17, 15) is 9.59 Å². The third kappa shape index (κ3) is 3.53. The van der Waals surface area contributed by atoms with Gasteiger partial charge in [-0.3, -0.25) is 9.59 Å². The minimum absolute atomic E-state index is 0.0538. The van der Waals surface area contributed by atoms with Crippen molar-refractivity contribution in [3.63, 3.8) is 0 Å². The van der Waals surface area contributed by atoms with Gasteiger partial charge >= 0.3 is 5.97 Å². The predicted molar refractivity (Wildman–Crippen MR) is 70.7 cm³/mol. The van der Waals surface area contributed by atoms with Crippen molar-refractivity contribution in [2.24, 2.45) is 11.8 Å². The van der Waals surface area contributed by atoms with Crippen molar-refractivity contribution in [1.29, 1.82) is 0 Å². The Labute approximate surface area is 112 Å². The van der Waals surface area contributed by atoms with E-state index in [2.05, 4.69) is 10.3 Å². The van der Waals surface area contributed by atoms with Crippen LogP contribution in [-0.4, -0.2) is 22.0 Å². The highest BCUT2D eigenvalue weighted by atomic mass is 16.4. The fourth-order valence-electron chi connectivity index (χ4n) is 2.44. The Morgan fingerprint density at radius 1 is 1.26 bits per heavy atom. The molecular formula is C14H18N2O3. The summed E-state index contributed by atoms with van der Waals surface area (Å²) in [5, 5.41) is 11.7. The average Bonchev–Trinajstić information content (AvgIpc) is 2.39. The number of nitrogens with zero attached hydrogens (tertiary/aromatic N) is 1. The van der Waals surface area contributed by atoms with E-state index in [-0.39, 0.29) is 17.7 Å². The lowest BCUT2D eigenvalue weighted by Gasteiger charge is -2.25. The minimum atomic E-state index is -0.751. The van der Waals surface area contributed by atoms with Crippen LogP contribution in [0.5, 0.6) is 0 Å². The van der Waals surface area contributed by atoms with Gasteiger partial charge in [0.15, 0.2) is 0 Å². The fourth-order valence-corrected chi connectivity index (χ4v) is 2.44. The van der Waals surface area contributed by atoms with E-state index in [4.69, 9.17) is 5.11 Å². The van der Waals surface area contributed by atoms with Crippen LogP contribution in [-0.2, 0) is 9.59 Å². The van der Waals surface area contributed by atoms with Crippen molar-refractivity contribution >= 4 is 17.7 Å². The summed E-state index contributed by atoms with van der Waals surface area (Å²) in [6.07, 6.45) is 4.08. The Balaban J connectivity index is 1.90. The first-order valence-corrected chi connectivity index (χ1v) is 6.52. The summed E-state index contributed by atoms with van der Waals surface area (Å²) in [5.41, 5.74) is 1.04. The molecule has 0 saturated heterocycles. The monoisotopic (exact) mass is 262 g/mol. The molecule has 1 heterocycles. The molecule has 0 radical (unpaired) electrons. The van der Waals surface area contributed by atoms with Crippen molar-refractivity contribution in [2.75, 3.05) is 5.32 Å². The summed E-state index contributed by atoms with van der Waals surface area (Å²) >= 11 is 0. The van der Waals surface area contributed by atoms with Gasteiger partial charge in [-0.15, -0.1) is 0 Å². The van der Waals surface area contributed by atoms with E-state index in [1.807, 2.05) is 19.1 Å². The maximum Gasteiger partial charge on any atom is 0.306 e. The Morgan fingerprint density at radius 2 is 1.89 bits per heavy atom. The number of hydrogen-bond acceptors (Lipinski definition) is 3. The van der Waals surface area contributed by atoms with E-state index in [1.54, 1.807) is 6.20 Å². The summed E-state index contributed by atoms with van der Waals surface area (Å²) < 4.78 is 0. The van der Waals surface area contributed by atoms with Gasteiger partial charge in [0.25, 0.3) is 0 Å². The molecule has 102 valence electrons. The first-order chi connectivity index (χ1) is 9.06. The van der Waals surface area contributed by atoms with Crippen molar-refractivity contribution in [1.82, 2.24) is 4.98 Å². The van der Waals surface area contributed by atoms with Crippen LogP contribution in [0.15, 0.2) is 18.3 Å². The summed E-state index contributed by atoms with van der Waals surface area (Å²) in [6.45, 7) is 1.94. The summed E-state index contributed by atoms with van der Waals surface area (Å²) in [4.78, 5) is 27.0. The molecule has 5 heteroatoms. The van der Waals surface area contributed by atoms with Crippen LogP contribution in [0.2, 0.25) is 0 Å². The number of rotatable bonds is 3. The Morgan fingerprint density at radius 3 is 2.47 bits per heavy atom. The van der Waals surface area contributed by atoms with Gasteiger partial charge in [0.2, 0.25) is 5.91 Å². The number of aromatic nitrogens is 1. The van der Waals surface area contributed by atoms with Gasteiger partial charge in [-0.1, -0.05) is 0 Å². The second-order valence-electron chi connectivity index (χ2n) is 5.09. The average molecular weight is 262 g/mol. The first-order valence-electron chi connectivity index (χ1n) is 6.52. The van der Waals surface area contributed by atoms with E-state index in [0.717, 1.165) is 5.56 Å². The third-order valence-electron chi connectivity index (χ3n) is 3.61. The number of aliphatic carboxylic acids is 1. The molecule has 1 saturated carbocycles. The van der Waals surface area contributed by atoms with Crippen molar-refractivity contribution in [2.45, 2.75) is 32.6 Å². The molecule has 1 aliphatic rings. The SMILES string of the molecule is Cc1ccnc(NC(=O)C2CCC(C(=O)O)CC2)c1. The second-order valence-corrected chi connectivity index (χ2v) is 5.09. The number of carbonyl (C=O) groups is 2. The summed E-state index contributed by atoms with van der Waals surface area (Å²) in [7, 11) is 0. The van der Waals surface area contributed by atoms with Gasteiger partial charge in [-0.05, 0) is 50.3 Å². The number of carbonyl (C=O) groups excluding carboxylic acids is 1. The number of hydrogen-bond donors (Lipinski definition) is 2. The van der Waals surface area contributed by atoms with Gasteiger partial charge in [0, 0.05) is 12.1 Å².